The molecule has 4 rings (SSSR count). The second kappa shape index (κ2) is 8.93. The van der Waals surface area contributed by atoms with Gasteiger partial charge in [0.15, 0.2) is 0 Å². The number of pyridine rings is 1. The third kappa shape index (κ3) is 4.65. The summed E-state index contributed by atoms with van der Waals surface area (Å²) < 4.78 is 0. The Morgan fingerprint density at radius 2 is 2.00 bits per heavy atom. The van der Waals surface area contributed by atoms with Crippen molar-refractivity contribution in [3.63, 3.8) is 0 Å². The average Bonchev–Trinajstić information content (AvgIpc) is 3.23. The molecule has 0 bridgehead atoms. The van der Waals surface area contributed by atoms with E-state index >= 15 is 0 Å². The molecule has 0 radical (unpaired) electrons. The Morgan fingerprint density at radius 3 is 2.68 bits per heavy atom. The van der Waals surface area contributed by atoms with E-state index in [1.54, 1.807) is 17.8 Å². The normalized spacial score (nSPS) is 24.0. The first-order valence-corrected chi connectivity index (χ1v) is 10.8. The predicted molar refractivity (Wildman–Crippen MR) is 109 cm³/mol. The third-order valence-electron chi connectivity index (χ3n) is 5.65. The van der Waals surface area contributed by atoms with E-state index < -0.39 is 0 Å². The van der Waals surface area contributed by atoms with Gasteiger partial charge >= 0.3 is 0 Å². The summed E-state index contributed by atoms with van der Waals surface area (Å²) in [5, 5.41) is 24.4. The number of carbonyl (C=O) groups is 1. The minimum Gasteiger partial charge on any atom is -0.391 e. The molecule has 2 aliphatic rings. The van der Waals surface area contributed by atoms with Gasteiger partial charge in [-0.15, -0.1) is 10.2 Å². The number of piperidine rings is 1. The smallest absolute Gasteiger partial charge is 0.259 e. The van der Waals surface area contributed by atoms with Gasteiger partial charge in [0.25, 0.3) is 5.91 Å². The molecular weight excluding hydrogens is 376 g/mol. The summed E-state index contributed by atoms with van der Waals surface area (Å²) in [7, 11) is 0. The highest BCUT2D eigenvalue weighted by Crippen LogP contribution is 2.26. The maximum atomic E-state index is 12.2. The number of rotatable bonds is 5. The van der Waals surface area contributed by atoms with Crippen LogP contribution in [-0.2, 0) is 0 Å². The van der Waals surface area contributed by atoms with Crippen LogP contribution in [0.2, 0.25) is 0 Å². The molecule has 2 atom stereocenters. The van der Waals surface area contributed by atoms with Crippen LogP contribution in [0.3, 0.4) is 0 Å². The van der Waals surface area contributed by atoms with Gasteiger partial charge in [0, 0.05) is 31.4 Å². The van der Waals surface area contributed by atoms with Crippen LogP contribution in [-0.4, -0.2) is 62.4 Å². The van der Waals surface area contributed by atoms with Gasteiger partial charge in [0.05, 0.1) is 11.7 Å². The lowest BCUT2D eigenvalue weighted by Gasteiger charge is -2.41. The van der Waals surface area contributed by atoms with Crippen molar-refractivity contribution < 1.29 is 9.90 Å². The SMILES string of the molecule is O=C(Nc1nncs1)c1ccc(NC2CCN(C3CCCCC3O)CC2)nc1. The Hall–Kier alpha value is -2.10. The highest BCUT2D eigenvalue weighted by atomic mass is 32.1. The van der Waals surface area contributed by atoms with Crippen molar-refractivity contribution in [3.8, 4) is 0 Å². The Morgan fingerprint density at radius 1 is 1.18 bits per heavy atom. The largest absolute Gasteiger partial charge is 0.391 e. The highest BCUT2D eigenvalue weighted by Gasteiger charge is 2.31. The van der Waals surface area contributed by atoms with Crippen LogP contribution in [0, 0.1) is 0 Å². The molecule has 1 saturated carbocycles. The predicted octanol–water partition coefficient (Wildman–Crippen LogP) is 2.37. The zero-order valence-electron chi connectivity index (χ0n) is 15.8. The van der Waals surface area contributed by atoms with E-state index in [0.29, 0.717) is 22.8 Å². The summed E-state index contributed by atoms with van der Waals surface area (Å²) >= 11 is 1.28. The van der Waals surface area contributed by atoms with E-state index in [0.717, 1.165) is 51.0 Å². The molecule has 0 aromatic carbocycles. The van der Waals surface area contributed by atoms with Crippen LogP contribution in [0.15, 0.2) is 23.8 Å². The summed E-state index contributed by atoms with van der Waals surface area (Å²) in [5.74, 6) is 0.541. The number of aliphatic hydroxyl groups is 1. The van der Waals surface area contributed by atoms with Crippen LogP contribution < -0.4 is 10.6 Å². The first-order chi connectivity index (χ1) is 13.7. The van der Waals surface area contributed by atoms with Crippen molar-refractivity contribution in [1.29, 1.82) is 0 Å². The molecule has 9 heteroatoms. The maximum absolute atomic E-state index is 12.2. The highest BCUT2D eigenvalue weighted by molar-refractivity contribution is 7.13. The molecule has 2 unspecified atom stereocenters. The van der Waals surface area contributed by atoms with Gasteiger partial charge in [0.2, 0.25) is 5.13 Å². The minimum atomic E-state index is -0.241. The van der Waals surface area contributed by atoms with Crippen molar-refractivity contribution >= 4 is 28.2 Å². The van der Waals surface area contributed by atoms with E-state index in [1.807, 2.05) is 6.07 Å². The number of amides is 1. The zero-order valence-corrected chi connectivity index (χ0v) is 16.6. The Bertz CT molecular complexity index is 761. The minimum absolute atomic E-state index is 0.168. The summed E-state index contributed by atoms with van der Waals surface area (Å²) in [6.45, 7) is 2.00. The molecule has 1 amide bonds. The quantitative estimate of drug-likeness (QED) is 0.705. The fraction of sp³-hybridized carbons (Fsp3) is 0.579. The Kier molecular flexibility index (Phi) is 6.13. The molecule has 2 aromatic heterocycles. The number of aromatic nitrogens is 3. The van der Waals surface area contributed by atoms with Crippen LogP contribution in [0.1, 0.15) is 48.9 Å². The van der Waals surface area contributed by atoms with Crippen LogP contribution in [0.4, 0.5) is 10.9 Å². The molecule has 2 aromatic rings. The Balaban J connectivity index is 1.26. The zero-order chi connectivity index (χ0) is 19.3. The molecule has 3 N–H and O–H groups in total. The third-order valence-corrected chi connectivity index (χ3v) is 6.26. The van der Waals surface area contributed by atoms with Gasteiger partial charge < -0.3 is 10.4 Å². The average molecular weight is 403 g/mol. The lowest BCUT2D eigenvalue weighted by Crippen LogP contribution is -2.50. The number of anilines is 2. The molecule has 0 spiro atoms. The van der Waals surface area contributed by atoms with Crippen LogP contribution in [0.5, 0.6) is 0 Å². The number of nitrogens with zero attached hydrogens (tertiary/aromatic N) is 4. The number of hydrogen-bond acceptors (Lipinski definition) is 8. The first-order valence-electron chi connectivity index (χ1n) is 9.91. The van der Waals surface area contributed by atoms with E-state index in [1.165, 1.54) is 17.8 Å². The number of likely N-dealkylation sites (tertiary alicyclic amines) is 1. The number of carbonyl (C=O) groups excluding carboxylic acids is 1. The summed E-state index contributed by atoms with van der Waals surface area (Å²) in [6, 6.07) is 4.30. The molecule has 8 nitrogen and oxygen atoms in total. The monoisotopic (exact) mass is 402 g/mol. The Labute approximate surface area is 168 Å². The molecular formula is C19H26N6O2S. The van der Waals surface area contributed by atoms with Gasteiger partial charge in [-0.1, -0.05) is 24.2 Å². The molecule has 150 valence electrons. The van der Waals surface area contributed by atoms with Crippen molar-refractivity contribution in [2.24, 2.45) is 0 Å². The van der Waals surface area contributed by atoms with E-state index in [4.69, 9.17) is 0 Å². The van der Waals surface area contributed by atoms with Crippen LogP contribution >= 0.6 is 11.3 Å². The molecule has 28 heavy (non-hydrogen) atoms. The molecule has 2 fully saturated rings. The first kappa shape index (κ1) is 19.2. The fourth-order valence-electron chi connectivity index (χ4n) is 4.11. The van der Waals surface area contributed by atoms with Crippen molar-refractivity contribution in [3.05, 3.63) is 29.4 Å². The van der Waals surface area contributed by atoms with E-state index in [-0.39, 0.29) is 12.0 Å². The number of nitrogens with one attached hydrogen (secondary N) is 2. The van der Waals surface area contributed by atoms with Gasteiger partial charge in [-0.2, -0.15) is 0 Å². The van der Waals surface area contributed by atoms with Gasteiger partial charge in [-0.05, 0) is 37.8 Å². The van der Waals surface area contributed by atoms with E-state index in [9.17, 15) is 9.90 Å². The molecule has 1 saturated heterocycles. The topological polar surface area (TPSA) is 103 Å². The number of aliphatic hydroxyl groups excluding tert-OH is 1. The van der Waals surface area contributed by atoms with Crippen LogP contribution in [0.25, 0.3) is 0 Å². The molecule has 3 heterocycles. The lowest BCUT2D eigenvalue weighted by molar-refractivity contribution is 0.00992. The molecule has 1 aliphatic carbocycles. The summed E-state index contributed by atoms with van der Waals surface area (Å²) in [4.78, 5) is 19.0. The van der Waals surface area contributed by atoms with Gasteiger partial charge in [0.1, 0.15) is 11.3 Å². The van der Waals surface area contributed by atoms with Gasteiger partial charge in [-0.25, -0.2) is 4.98 Å². The summed E-state index contributed by atoms with van der Waals surface area (Å²) in [6.07, 6.45) is 7.89. The van der Waals surface area contributed by atoms with Crippen molar-refractivity contribution in [2.75, 3.05) is 23.7 Å². The van der Waals surface area contributed by atoms with Gasteiger partial charge in [-0.3, -0.25) is 15.0 Å². The van der Waals surface area contributed by atoms with E-state index in [2.05, 4.69) is 30.7 Å². The van der Waals surface area contributed by atoms with Crippen molar-refractivity contribution in [1.82, 2.24) is 20.1 Å². The standard InChI is InChI=1S/C19H26N6O2S/c26-16-4-2-1-3-15(16)25-9-7-14(8-10-25)22-17-6-5-13(11-20-17)18(27)23-19-24-21-12-28-19/h5-6,11-12,14-16,26H,1-4,7-10H2,(H,20,22)(H,23,24,27). The lowest BCUT2D eigenvalue weighted by atomic mass is 9.89. The second-order valence-corrected chi connectivity index (χ2v) is 8.34. The van der Waals surface area contributed by atoms with Crippen molar-refractivity contribution in [2.45, 2.75) is 56.7 Å². The summed E-state index contributed by atoms with van der Waals surface area (Å²) in [5.41, 5.74) is 2.06. The molecule has 1 aliphatic heterocycles. The fourth-order valence-corrected chi connectivity index (χ4v) is 4.55. The second-order valence-electron chi connectivity index (χ2n) is 7.50. The maximum Gasteiger partial charge on any atom is 0.259 e. The number of hydrogen-bond donors (Lipinski definition) is 3.